The molecule has 0 aliphatic carbocycles. The van der Waals surface area contributed by atoms with Gasteiger partial charge in [0.15, 0.2) is 0 Å². The van der Waals surface area contributed by atoms with E-state index < -0.39 is 0 Å². The zero-order chi connectivity index (χ0) is 13.2. The van der Waals surface area contributed by atoms with Crippen LogP contribution in [0.4, 0.5) is 0 Å². The van der Waals surface area contributed by atoms with E-state index >= 15 is 0 Å². The Hall–Kier alpha value is -1.22. The van der Waals surface area contributed by atoms with Crippen LogP contribution in [0.5, 0.6) is 0 Å². The largest absolute Gasteiger partial charge is 0.333 e. The van der Waals surface area contributed by atoms with Gasteiger partial charge in [0.2, 0.25) is 5.91 Å². The fraction of sp³-hybridized carbons (Fsp3) is 0.438. The molecule has 3 heteroatoms. The van der Waals surface area contributed by atoms with Gasteiger partial charge in [0.05, 0.1) is 0 Å². The lowest BCUT2D eigenvalue weighted by atomic mass is 9.92. The Morgan fingerprint density at radius 2 is 2.00 bits per heavy atom. The lowest BCUT2D eigenvalue weighted by Crippen LogP contribution is -2.50. The summed E-state index contributed by atoms with van der Waals surface area (Å²) in [6.07, 6.45) is 6.42. The van der Waals surface area contributed by atoms with Gasteiger partial charge in [-0.15, -0.1) is 0 Å². The van der Waals surface area contributed by atoms with E-state index in [4.69, 9.17) is 0 Å². The molecule has 3 rings (SSSR count). The van der Waals surface area contributed by atoms with Crippen molar-refractivity contribution in [1.29, 1.82) is 0 Å². The molecule has 2 atom stereocenters. The van der Waals surface area contributed by atoms with Crippen molar-refractivity contribution in [3.63, 3.8) is 0 Å². The molecule has 2 nitrogen and oxygen atoms in total. The molecule has 2 aliphatic heterocycles. The molecule has 0 saturated carbocycles. The minimum atomic E-state index is 0.210. The van der Waals surface area contributed by atoms with Gasteiger partial charge >= 0.3 is 0 Å². The Labute approximate surface area is 118 Å². The van der Waals surface area contributed by atoms with Gasteiger partial charge in [0.25, 0.3) is 0 Å². The minimum absolute atomic E-state index is 0.210. The first-order valence-electron chi connectivity index (χ1n) is 7.00. The SMILES string of the molecule is C[C@H]1CCC[C@@H]2CC(Sc3ccccc3)=CC(=O)N21. The van der Waals surface area contributed by atoms with Crippen LogP contribution in [-0.2, 0) is 4.79 Å². The molecule has 0 N–H and O–H groups in total. The maximum Gasteiger partial charge on any atom is 0.247 e. The predicted molar refractivity (Wildman–Crippen MR) is 78.9 cm³/mol. The Morgan fingerprint density at radius 1 is 1.21 bits per heavy atom. The number of amides is 1. The first-order chi connectivity index (χ1) is 9.24. The van der Waals surface area contributed by atoms with Crippen molar-refractivity contribution >= 4 is 17.7 Å². The number of hydrogen-bond acceptors (Lipinski definition) is 2. The van der Waals surface area contributed by atoms with Gasteiger partial charge in [-0.05, 0) is 49.6 Å². The highest BCUT2D eigenvalue weighted by molar-refractivity contribution is 8.03. The van der Waals surface area contributed by atoms with Crippen LogP contribution in [0.3, 0.4) is 0 Å². The zero-order valence-electron chi connectivity index (χ0n) is 11.2. The summed E-state index contributed by atoms with van der Waals surface area (Å²) in [5.74, 6) is 0.210. The molecule has 2 aliphatic rings. The third-order valence-electron chi connectivity index (χ3n) is 4.00. The number of piperidine rings is 1. The van der Waals surface area contributed by atoms with E-state index in [1.54, 1.807) is 11.8 Å². The summed E-state index contributed by atoms with van der Waals surface area (Å²) in [6.45, 7) is 2.17. The van der Waals surface area contributed by atoms with Crippen LogP contribution >= 0.6 is 11.8 Å². The molecule has 1 aromatic rings. The number of hydrogen-bond donors (Lipinski definition) is 0. The monoisotopic (exact) mass is 273 g/mol. The van der Waals surface area contributed by atoms with Crippen molar-refractivity contribution in [3.8, 4) is 0 Å². The molecule has 0 spiro atoms. The molecule has 0 bridgehead atoms. The molecule has 0 radical (unpaired) electrons. The van der Waals surface area contributed by atoms with E-state index in [9.17, 15) is 4.79 Å². The highest BCUT2D eigenvalue weighted by Crippen LogP contribution is 2.37. The first kappa shape index (κ1) is 12.8. The van der Waals surface area contributed by atoms with Crippen molar-refractivity contribution in [2.75, 3.05) is 0 Å². The van der Waals surface area contributed by atoms with Gasteiger partial charge < -0.3 is 4.90 Å². The van der Waals surface area contributed by atoms with Crippen LogP contribution in [0, 0.1) is 0 Å². The van der Waals surface area contributed by atoms with Crippen LogP contribution in [-0.4, -0.2) is 22.9 Å². The average molecular weight is 273 g/mol. The molecule has 1 fully saturated rings. The van der Waals surface area contributed by atoms with Crippen LogP contribution in [0.2, 0.25) is 0 Å². The van der Waals surface area contributed by atoms with Crippen molar-refractivity contribution in [2.24, 2.45) is 0 Å². The van der Waals surface area contributed by atoms with E-state index in [2.05, 4.69) is 24.0 Å². The highest BCUT2D eigenvalue weighted by atomic mass is 32.2. The van der Waals surface area contributed by atoms with Gasteiger partial charge in [0, 0.05) is 23.1 Å². The minimum Gasteiger partial charge on any atom is -0.333 e. The van der Waals surface area contributed by atoms with Crippen LogP contribution in [0.15, 0.2) is 46.2 Å². The number of nitrogens with zero attached hydrogens (tertiary/aromatic N) is 1. The summed E-state index contributed by atoms with van der Waals surface area (Å²) in [5, 5.41) is 0. The third kappa shape index (κ3) is 2.71. The topological polar surface area (TPSA) is 20.3 Å². The van der Waals surface area contributed by atoms with E-state index in [0.717, 1.165) is 19.3 Å². The smallest absolute Gasteiger partial charge is 0.247 e. The number of fused-ring (bicyclic) bond motifs is 1. The lowest BCUT2D eigenvalue weighted by molar-refractivity contribution is -0.133. The van der Waals surface area contributed by atoms with Crippen LogP contribution in [0.1, 0.15) is 32.6 Å². The summed E-state index contributed by atoms with van der Waals surface area (Å²) >= 11 is 1.74. The van der Waals surface area contributed by atoms with Crippen molar-refractivity contribution in [3.05, 3.63) is 41.3 Å². The summed E-state index contributed by atoms with van der Waals surface area (Å²) in [6, 6.07) is 11.1. The number of benzene rings is 1. The number of rotatable bonds is 2. The zero-order valence-corrected chi connectivity index (χ0v) is 12.0. The molecule has 100 valence electrons. The molecule has 1 amide bonds. The molecular formula is C16H19NOS. The Balaban J connectivity index is 1.77. The second-order valence-corrected chi connectivity index (χ2v) is 6.61. The molecule has 0 aromatic heterocycles. The van der Waals surface area contributed by atoms with Gasteiger partial charge in [-0.1, -0.05) is 30.0 Å². The summed E-state index contributed by atoms with van der Waals surface area (Å²) in [5.41, 5.74) is 0. The number of carbonyl (C=O) groups is 1. The molecule has 1 aromatic carbocycles. The first-order valence-corrected chi connectivity index (χ1v) is 7.81. The average Bonchev–Trinajstić information content (AvgIpc) is 2.39. The Morgan fingerprint density at radius 3 is 2.79 bits per heavy atom. The Bertz CT molecular complexity index is 497. The molecule has 0 unspecified atom stereocenters. The van der Waals surface area contributed by atoms with Crippen molar-refractivity contribution in [2.45, 2.75) is 49.6 Å². The summed E-state index contributed by atoms with van der Waals surface area (Å²) in [7, 11) is 0. The van der Waals surface area contributed by atoms with E-state index in [1.807, 2.05) is 24.3 Å². The second kappa shape index (κ2) is 5.41. The van der Waals surface area contributed by atoms with Crippen molar-refractivity contribution in [1.82, 2.24) is 4.90 Å². The van der Waals surface area contributed by atoms with Crippen LogP contribution < -0.4 is 0 Å². The van der Waals surface area contributed by atoms with Gasteiger partial charge in [-0.3, -0.25) is 4.79 Å². The molecule has 2 heterocycles. The molecule has 19 heavy (non-hydrogen) atoms. The van der Waals surface area contributed by atoms with E-state index in [1.165, 1.54) is 16.2 Å². The quantitative estimate of drug-likeness (QED) is 0.816. The molecule has 1 saturated heterocycles. The van der Waals surface area contributed by atoms with Gasteiger partial charge in [0.1, 0.15) is 0 Å². The third-order valence-corrected chi connectivity index (χ3v) is 5.05. The predicted octanol–water partition coefficient (Wildman–Crippen LogP) is 3.84. The number of thioether (sulfide) groups is 1. The fourth-order valence-electron chi connectivity index (χ4n) is 3.10. The molecular weight excluding hydrogens is 254 g/mol. The second-order valence-electron chi connectivity index (χ2n) is 5.41. The maximum atomic E-state index is 12.3. The maximum absolute atomic E-state index is 12.3. The van der Waals surface area contributed by atoms with Crippen LogP contribution in [0.25, 0.3) is 0 Å². The fourth-order valence-corrected chi connectivity index (χ4v) is 4.13. The highest BCUT2D eigenvalue weighted by Gasteiger charge is 2.34. The normalized spacial score (nSPS) is 26.9. The van der Waals surface area contributed by atoms with E-state index in [0.29, 0.717) is 12.1 Å². The summed E-state index contributed by atoms with van der Waals surface area (Å²) < 4.78 is 0. The van der Waals surface area contributed by atoms with Gasteiger partial charge in [-0.2, -0.15) is 0 Å². The number of carbonyl (C=O) groups excluding carboxylic acids is 1. The van der Waals surface area contributed by atoms with Gasteiger partial charge in [-0.25, -0.2) is 0 Å². The van der Waals surface area contributed by atoms with Crippen molar-refractivity contribution < 1.29 is 4.79 Å². The van der Waals surface area contributed by atoms with E-state index in [-0.39, 0.29) is 5.91 Å². The lowest BCUT2D eigenvalue weighted by Gasteiger charge is -2.43. The standard InChI is InChI=1S/C16H19NOS/c1-12-6-5-7-13-10-15(11-16(18)17(12)13)19-14-8-3-2-4-9-14/h2-4,8-9,11-13H,5-7,10H2,1H3/t12-,13+/m0/s1. The Kier molecular flexibility index (Phi) is 3.65. The summed E-state index contributed by atoms with van der Waals surface area (Å²) in [4.78, 5) is 16.8.